The summed E-state index contributed by atoms with van der Waals surface area (Å²) in [7, 11) is 0. The summed E-state index contributed by atoms with van der Waals surface area (Å²) in [6.45, 7) is 2.53. The van der Waals surface area contributed by atoms with Crippen LogP contribution in [0.5, 0.6) is 0 Å². The number of aromatic nitrogens is 2. The number of nitrogens with zero attached hydrogens (tertiary/aromatic N) is 2. The average molecular weight is 270 g/mol. The van der Waals surface area contributed by atoms with Crippen molar-refractivity contribution in [1.82, 2.24) is 9.55 Å². The Kier molecular flexibility index (Phi) is 3.61. The Labute approximate surface area is 108 Å². The Morgan fingerprint density at radius 2 is 1.89 bits per heavy atom. The molecule has 0 spiro atoms. The van der Waals surface area contributed by atoms with Gasteiger partial charge in [0.25, 0.3) is 0 Å². The topological polar surface area (TPSA) is 38.0 Å². The predicted molar refractivity (Wildman–Crippen MR) is 63.4 cm³/mol. The maximum absolute atomic E-state index is 12.4. The van der Waals surface area contributed by atoms with Crippen molar-refractivity contribution in [3.8, 4) is 0 Å². The number of halogens is 3. The molecule has 0 aliphatic heterocycles. The van der Waals surface area contributed by atoms with Crippen molar-refractivity contribution in [2.24, 2.45) is 0 Å². The van der Waals surface area contributed by atoms with Gasteiger partial charge in [0.15, 0.2) is 0 Å². The number of hydrogen-bond acceptors (Lipinski definition) is 2. The molecule has 0 bridgehead atoms. The smallest absolute Gasteiger partial charge is 0.382 e. The van der Waals surface area contributed by atoms with E-state index in [9.17, 15) is 18.3 Å². The van der Waals surface area contributed by atoms with Gasteiger partial charge in [-0.05, 0) is 24.6 Å². The third-order valence-electron chi connectivity index (χ3n) is 2.92. The summed E-state index contributed by atoms with van der Waals surface area (Å²) in [4.78, 5) is 3.92. The lowest BCUT2D eigenvalue weighted by Gasteiger charge is -2.14. The summed E-state index contributed by atoms with van der Waals surface area (Å²) in [5.41, 5.74) is 0.234. The Hall–Kier alpha value is -1.82. The molecule has 1 unspecified atom stereocenters. The van der Waals surface area contributed by atoms with E-state index in [1.165, 1.54) is 18.3 Å². The van der Waals surface area contributed by atoms with E-state index >= 15 is 0 Å². The van der Waals surface area contributed by atoms with E-state index in [-0.39, 0.29) is 0 Å². The molecule has 0 amide bonds. The van der Waals surface area contributed by atoms with E-state index in [0.717, 1.165) is 12.1 Å². The molecule has 0 fully saturated rings. The van der Waals surface area contributed by atoms with Crippen LogP contribution >= 0.6 is 0 Å². The molecule has 0 aliphatic carbocycles. The molecule has 0 saturated heterocycles. The van der Waals surface area contributed by atoms with Crippen molar-refractivity contribution >= 4 is 0 Å². The second-order valence-corrected chi connectivity index (χ2v) is 4.13. The van der Waals surface area contributed by atoms with Gasteiger partial charge in [-0.15, -0.1) is 0 Å². The molecule has 102 valence electrons. The van der Waals surface area contributed by atoms with Crippen molar-refractivity contribution in [2.75, 3.05) is 0 Å². The van der Waals surface area contributed by atoms with Crippen molar-refractivity contribution in [2.45, 2.75) is 25.7 Å². The molecule has 1 aromatic heterocycles. The summed E-state index contributed by atoms with van der Waals surface area (Å²) in [5, 5.41) is 10.1. The monoisotopic (exact) mass is 270 g/mol. The van der Waals surface area contributed by atoms with E-state index in [2.05, 4.69) is 4.98 Å². The predicted octanol–water partition coefficient (Wildman–Crippen LogP) is 3.00. The fourth-order valence-corrected chi connectivity index (χ4v) is 1.85. The highest BCUT2D eigenvalue weighted by Gasteiger charge is 2.30. The molecule has 19 heavy (non-hydrogen) atoms. The van der Waals surface area contributed by atoms with E-state index < -0.39 is 17.8 Å². The number of aryl methyl sites for hydroxylation is 1. The van der Waals surface area contributed by atoms with Gasteiger partial charge in [0, 0.05) is 6.54 Å². The van der Waals surface area contributed by atoms with E-state index in [0.29, 0.717) is 17.8 Å². The molecule has 1 N–H and O–H groups in total. The maximum atomic E-state index is 12.4. The third kappa shape index (κ3) is 2.78. The lowest BCUT2D eigenvalue weighted by Crippen LogP contribution is -2.08. The maximum Gasteiger partial charge on any atom is 0.416 e. The highest BCUT2D eigenvalue weighted by Crippen LogP contribution is 2.30. The second kappa shape index (κ2) is 5.05. The fourth-order valence-electron chi connectivity index (χ4n) is 1.85. The SMILES string of the molecule is CCn1cncc1C(O)c1ccc(C(F)(F)F)cc1. The number of aliphatic hydroxyl groups excluding tert-OH is 1. The molecule has 0 saturated carbocycles. The van der Waals surface area contributed by atoms with E-state index in [1.807, 2.05) is 6.92 Å². The van der Waals surface area contributed by atoms with Gasteiger partial charge in [-0.1, -0.05) is 12.1 Å². The Morgan fingerprint density at radius 1 is 1.26 bits per heavy atom. The summed E-state index contributed by atoms with van der Waals surface area (Å²) in [6, 6.07) is 4.48. The number of hydrogen-bond donors (Lipinski definition) is 1. The zero-order valence-electron chi connectivity index (χ0n) is 10.2. The van der Waals surface area contributed by atoms with Crippen LogP contribution in [-0.2, 0) is 12.7 Å². The molecule has 1 heterocycles. The first-order chi connectivity index (χ1) is 8.93. The molecule has 2 rings (SSSR count). The molecular weight excluding hydrogens is 257 g/mol. The summed E-state index contributed by atoms with van der Waals surface area (Å²) < 4.78 is 39.0. The average Bonchev–Trinajstić information content (AvgIpc) is 2.85. The molecule has 6 heteroatoms. The minimum Gasteiger partial charge on any atom is -0.382 e. The molecule has 2 aromatic rings. The largest absolute Gasteiger partial charge is 0.416 e. The highest BCUT2D eigenvalue weighted by atomic mass is 19.4. The lowest BCUT2D eigenvalue weighted by molar-refractivity contribution is -0.137. The fraction of sp³-hybridized carbons (Fsp3) is 0.308. The Bertz CT molecular complexity index is 546. The molecule has 0 radical (unpaired) electrons. The molecule has 3 nitrogen and oxygen atoms in total. The molecule has 1 atom stereocenters. The normalized spacial score (nSPS) is 13.5. The van der Waals surface area contributed by atoms with Crippen LogP contribution in [-0.4, -0.2) is 14.7 Å². The van der Waals surface area contributed by atoms with Crippen molar-refractivity contribution in [1.29, 1.82) is 0 Å². The highest BCUT2D eigenvalue weighted by molar-refractivity contribution is 5.29. The standard InChI is InChI=1S/C13H13F3N2O/c1-2-18-8-17-7-11(18)12(19)9-3-5-10(6-4-9)13(14,15)16/h3-8,12,19H,2H2,1H3. The summed E-state index contributed by atoms with van der Waals surface area (Å²) in [5.74, 6) is 0. The number of rotatable bonds is 3. The number of alkyl halides is 3. The minimum atomic E-state index is -4.37. The third-order valence-corrected chi connectivity index (χ3v) is 2.92. The van der Waals surface area contributed by atoms with Crippen molar-refractivity contribution in [3.63, 3.8) is 0 Å². The van der Waals surface area contributed by atoms with Gasteiger partial charge < -0.3 is 9.67 Å². The minimum absolute atomic E-state index is 0.406. The van der Waals surface area contributed by atoms with Gasteiger partial charge in [-0.3, -0.25) is 0 Å². The lowest BCUT2D eigenvalue weighted by atomic mass is 10.0. The zero-order chi connectivity index (χ0) is 14.0. The van der Waals surface area contributed by atoms with Crippen LogP contribution in [0, 0.1) is 0 Å². The van der Waals surface area contributed by atoms with Gasteiger partial charge >= 0.3 is 6.18 Å². The van der Waals surface area contributed by atoms with Gasteiger partial charge in [0.05, 0.1) is 23.8 Å². The van der Waals surface area contributed by atoms with Crippen LogP contribution in [0.4, 0.5) is 13.2 Å². The number of imidazole rings is 1. The second-order valence-electron chi connectivity index (χ2n) is 4.13. The van der Waals surface area contributed by atoms with Crippen LogP contribution in [0.1, 0.15) is 29.8 Å². The van der Waals surface area contributed by atoms with Crippen molar-refractivity contribution in [3.05, 3.63) is 53.6 Å². The summed E-state index contributed by atoms with van der Waals surface area (Å²) >= 11 is 0. The van der Waals surface area contributed by atoms with Crippen LogP contribution in [0.25, 0.3) is 0 Å². The Balaban J connectivity index is 2.28. The number of aliphatic hydroxyl groups is 1. The van der Waals surface area contributed by atoms with E-state index in [4.69, 9.17) is 0 Å². The van der Waals surface area contributed by atoms with Crippen LogP contribution in [0.2, 0.25) is 0 Å². The van der Waals surface area contributed by atoms with Gasteiger partial charge in [0.2, 0.25) is 0 Å². The first kappa shape index (κ1) is 13.6. The molecular formula is C13H13F3N2O. The number of benzene rings is 1. The first-order valence-electron chi connectivity index (χ1n) is 5.78. The summed E-state index contributed by atoms with van der Waals surface area (Å²) in [6.07, 6.45) is -2.27. The molecule has 0 aliphatic rings. The molecule has 1 aromatic carbocycles. The van der Waals surface area contributed by atoms with Crippen molar-refractivity contribution < 1.29 is 18.3 Å². The van der Waals surface area contributed by atoms with Crippen LogP contribution in [0.3, 0.4) is 0 Å². The van der Waals surface area contributed by atoms with E-state index in [1.54, 1.807) is 10.9 Å². The Morgan fingerprint density at radius 3 is 2.42 bits per heavy atom. The quantitative estimate of drug-likeness (QED) is 0.931. The van der Waals surface area contributed by atoms with Gasteiger partial charge in [0.1, 0.15) is 6.10 Å². The van der Waals surface area contributed by atoms with Crippen LogP contribution < -0.4 is 0 Å². The van der Waals surface area contributed by atoms with Crippen LogP contribution in [0.15, 0.2) is 36.8 Å². The zero-order valence-corrected chi connectivity index (χ0v) is 10.2. The van der Waals surface area contributed by atoms with Gasteiger partial charge in [-0.2, -0.15) is 13.2 Å². The first-order valence-corrected chi connectivity index (χ1v) is 5.78. The van der Waals surface area contributed by atoms with Gasteiger partial charge in [-0.25, -0.2) is 4.98 Å².